The first kappa shape index (κ1) is 16.9. The quantitative estimate of drug-likeness (QED) is 0.482. The monoisotopic (exact) mass is 242 g/mol. The Kier molecular flexibility index (Phi) is 12.3. The number of hydrogen-bond donors (Lipinski definition) is 0. The van der Waals surface area contributed by atoms with Crippen LogP contribution in [0, 0.1) is 0 Å². The standard InChI is InChI=1S/C15H34N2/c1-5-6-7-8-9-10-11-12-13-17(4)15-14-16(2)3/h5-15H2,1-4H3. The third kappa shape index (κ3) is 13.9. The highest BCUT2D eigenvalue weighted by Gasteiger charge is 1.98. The first-order chi connectivity index (χ1) is 8.16. The molecule has 0 saturated heterocycles. The van der Waals surface area contributed by atoms with Crippen molar-refractivity contribution in [1.82, 2.24) is 9.80 Å². The molecule has 0 aromatic carbocycles. The SMILES string of the molecule is CCCCCCCCCCN(C)CCN(C)C. The van der Waals surface area contributed by atoms with Crippen LogP contribution < -0.4 is 0 Å². The highest BCUT2D eigenvalue weighted by atomic mass is 15.1. The number of likely N-dealkylation sites (N-methyl/N-ethyl adjacent to an activating group) is 2. The summed E-state index contributed by atoms with van der Waals surface area (Å²) in [6, 6.07) is 0. The van der Waals surface area contributed by atoms with E-state index in [1.165, 1.54) is 71.0 Å². The van der Waals surface area contributed by atoms with Gasteiger partial charge in [-0.15, -0.1) is 0 Å². The molecule has 0 aliphatic heterocycles. The van der Waals surface area contributed by atoms with E-state index in [2.05, 4.69) is 37.9 Å². The molecule has 0 radical (unpaired) electrons. The molecular weight excluding hydrogens is 208 g/mol. The fraction of sp³-hybridized carbons (Fsp3) is 1.00. The molecule has 0 spiro atoms. The molecule has 2 nitrogen and oxygen atoms in total. The van der Waals surface area contributed by atoms with Crippen LogP contribution in [0.15, 0.2) is 0 Å². The number of unbranched alkanes of at least 4 members (excludes halogenated alkanes) is 7. The maximum Gasteiger partial charge on any atom is 0.0106 e. The molecule has 2 heteroatoms. The van der Waals surface area contributed by atoms with E-state index in [4.69, 9.17) is 0 Å². The normalized spacial score (nSPS) is 11.6. The Labute approximate surface area is 109 Å². The topological polar surface area (TPSA) is 6.48 Å². The van der Waals surface area contributed by atoms with Gasteiger partial charge in [0, 0.05) is 13.1 Å². The van der Waals surface area contributed by atoms with E-state index < -0.39 is 0 Å². The summed E-state index contributed by atoms with van der Waals surface area (Å²) in [6.07, 6.45) is 11.3. The van der Waals surface area contributed by atoms with Crippen molar-refractivity contribution >= 4 is 0 Å². The lowest BCUT2D eigenvalue weighted by molar-refractivity contribution is 0.277. The van der Waals surface area contributed by atoms with Crippen LogP contribution in [0.2, 0.25) is 0 Å². The van der Waals surface area contributed by atoms with Gasteiger partial charge in [-0.25, -0.2) is 0 Å². The van der Waals surface area contributed by atoms with Gasteiger partial charge >= 0.3 is 0 Å². The molecule has 0 N–H and O–H groups in total. The Morgan fingerprint density at radius 3 is 1.65 bits per heavy atom. The Hall–Kier alpha value is -0.0800. The second kappa shape index (κ2) is 12.4. The van der Waals surface area contributed by atoms with Crippen molar-refractivity contribution in [1.29, 1.82) is 0 Å². The molecule has 0 bridgehead atoms. The lowest BCUT2D eigenvalue weighted by Crippen LogP contribution is -2.29. The Bertz CT molecular complexity index is 146. The van der Waals surface area contributed by atoms with E-state index in [1.54, 1.807) is 0 Å². The van der Waals surface area contributed by atoms with Gasteiger partial charge in [0.15, 0.2) is 0 Å². The number of rotatable bonds is 12. The first-order valence-corrected chi connectivity index (χ1v) is 7.50. The summed E-state index contributed by atoms with van der Waals surface area (Å²) in [5.41, 5.74) is 0. The predicted molar refractivity (Wildman–Crippen MR) is 78.7 cm³/mol. The van der Waals surface area contributed by atoms with Gasteiger partial charge in [-0.1, -0.05) is 51.9 Å². The molecule has 17 heavy (non-hydrogen) atoms. The van der Waals surface area contributed by atoms with E-state index in [0.29, 0.717) is 0 Å². The lowest BCUT2D eigenvalue weighted by atomic mass is 10.1. The van der Waals surface area contributed by atoms with Crippen LogP contribution in [0.3, 0.4) is 0 Å². The second-order valence-corrected chi connectivity index (χ2v) is 5.58. The summed E-state index contributed by atoms with van der Waals surface area (Å²) < 4.78 is 0. The summed E-state index contributed by atoms with van der Waals surface area (Å²) in [4.78, 5) is 4.71. The molecule has 0 atom stereocenters. The van der Waals surface area contributed by atoms with Crippen molar-refractivity contribution < 1.29 is 0 Å². The van der Waals surface area contributed by atoms with Crippen LogP contribution >= 0.6 is 0 Å². The third-order valence-electron chi connectivity index (χ3n) is 3.32. The van der Waals surface area contributed by atoms with Gasteiger partial charge in [0.25, 0.3) is 0 Å². The molecule has 0 saturated carbocycles. The van der Waals surface area contributed by atoms with Gasteiger partial charge in [-0.2, -0.15) is 0 Å². The second-order valence-electron chi connectivity index (χ2n) is 5.58. The molecular formula is C15H34N2. The average molecular weight is 242 g/mol. The molecule has 0 aliphatic carbocycles. The van der Waals surface area contributed by atoms with E-state index in [1.807, 2.05) is 0 Å². The van der Waals surface area contributed by atoms with Gasteiger partial charge in [-0.05, 0) is 34.1 Å². The third-order valence-corrected chi connectivity index (χ3v) is 3.32. The van der Waals surface area contributed by atoms with Crippen molar-refractivity contribution in [3.8, 4) is 0 Å². The minimum Gasteiger partial charge on any atom is -0.308 e. The number of nitrogens with zero attached hydrogens (tertiary/aromatic N) is 2. The predicted octanol–water partition coefficient (Wildman–Crippen LogP) is 3.62. The molecule has 0 unspecified atom stereocenters. The van der Waals surface area contributed by atoms with Crippen LogP contribution in [-0.4, -0.2) is 50.6 Å². The van der Waals surface area contributed by atoms with Gasteiger partial charge in [-0.3, -0.25) is 0 Å². The number of hydrogen-bond acceptors (Lipinski definition) is 2. The van der Waals surface area contributed by atoms with Crippen molar-refractivity contribution in [2.75, 3.05) is 40.8 Å². The average Bonchev–Trinajstić information content (AvgIpc) is 2.30. The van der Waals surface area contributed by atoms with Crippen LogP contribution in [0.1, 0.15) is 58.3 Å². The van der Waals surface area contributed by atoms with E-state index in [0.717, 1.165) is 0 Å². The largest absolute Gasteiger partial charge is 0.308 e. The summed E-state index contributed by atoms with van der Waals surface area (Å²) in [7, 11) is 6.53. The highest BCUT2D eigenvalue weighted by molar-refractivity contribution is 4.55. The zero-order valence-electron chi connectivity index (χ0n) is 12.7. The lowest BCUT2D eigenvalue weighted by Gasteiger charge is -2.19. The maximum atomic E-state index is 2.46. The van der Waals surface area contributed by atoms with Crippen molar-refractivity contribution in [2.24, 2.45) is 0 Å². The fourth-order valence-corrected chi connectivity index (χ4v) is 2.00. The van der Waals surface area contributed by atoms with E-state index >= 15 is 0 Å². The summed E-state index contributed by atoms with van der Waals surface area (Å²) in [5.74, 6) is 0. The zero-order valence-corrected chi connectivity index (χ0v) is 12.7. The molecule has 104 valence electrons. The molecule has 0 aliphatic rings. The minimum absolute atomic E-state index is 1.17. The fourth-order valence-electron chi connectivity index (χ4n) is 2.00. The highest BCUT2D eigenvalue weighted by Crippen LogP contribution is 2.08. The van der Waals surface area contributed by atoms with Crippen LogP contribution in [-0.2, 0) is 0 Å². The van der Waals surface area contributed by atoms with Gasteiger partial charge in [0.1, 0.15) is 0 Å². The molecule has 0 rings (SSSR count). The van der Waals surface area contributed by atoms with Crippen molar-refractivity contribution in [3.05, 3.63) is 0 Å². The first-order valence-electron chi connectivity index (χ1n) is 7.50. The molecule has 0 aromatic heterocycles. The van der Waals surface area contributed by atoms with Crippen molar-refractivity contribution in [3.63, 3.8) is 0 Å². The molecule has 0 fully saturated rings. The molecule has 0 amide bonds. The van der Waals surface area contributed by atoms with Gasteiger partial charge in [0.2, 0.25) is 0 Å². The summed E-state index contributed by atoms with van der Waals surface area (Å²) in [6.45, 7) is 5.92. The van der Waals surface area contributed by atoms with Crippen molar-refractivity contribution in [2.45, 2.75) is 58.3 Å². The minimum atomic E-state index is 1.17. The smallest absolute Gasteiger partial charge is 0.0106 e. The Balaban J connectivity index is 3.11. The van der Waals surface area contributed by atoms with Crippen LogP contribution in [0.5, 0.6) is 0 Å². The molecule has 0 aromatic rings. The Morgan fingerprint density at radius 1 is 0.588 bits per heavy atom. The van der Waals surface area contributed by atoms with Crippen LogP contribution in [0.25, 0.3) is 0 Å². The maximum absolute atomic E-state index is 2.46. The molecule has 0 heterocycles. The van der Waals surface area contributed by atoms with Crippen LogP contribution in [0.4, 0.5) is 0 Å². The van der Waals surface area contributed by atoms with Gasteiger partial charge in [0.05, 0.1) is 0 Å². The van der Waals surface area contributed by atoms with Gasteiger partial charge < -0.3 is 9.80 Å². The Morgan fingerprint density at radius 2 is 1.12 bits per heavy atom. The summed E-state index contributed by atoms with van der Waals surface area (Å²) >= 11 is 0. The summed E-state index contributed by atoms with van der Waals surface area (Å²) in [5, 5.41) is 0. The zero-order chi connectivity index (χ0) is 12.9. The van der Waals surface area contributed by atoms with E-state index in [9.17, 15) is 0 Å². The van der Waals surface area contributed by atoms with E-state index in [-0.39, 0.29) is 0 Å².